The zero-order valence-electron chi connectivity index (χ0n) is 9.45. The Morgan fingerprint density at radius 2 is 2.33 bits per heavy atom. The number of rotatable bonds is 5. The van der Waals surface area contributed by atoms with Gasteiger partial charge in [0.25, 0.3) is 0 Å². The molecule has 1 unspecified atom stereocenters. The van der Waals surface area contributed by atoms with Gasteiger partial charge in [0.1, 0.15) is 0 Å². The molecule has 1 rings (SSSR count). The number of hydrogen-bond donors (Lipinski definition) is 1. The molecule has 1 heterocycles. The molecule has 0 bridgehead atoms. The summed E-state index contributed by atoms with van der Waals surface area (Å²) in [5, 5.41) is 8.62. The lowest BCUT2D eigenvalue weighted by Crippen LogP contribution is -2.45. The topological polar surface area (TPSA) is 49.8 Å². The Labute approximate surface area is 91.2 Å². The van der Waals surface area contributed by atoms with E-state index in [4.69, 9.17) is 9.84 Å². The van der Waals surface area contributed by atoms with Crippen molar-refractivity contribution >= 4 is 5.91 Å². The van der Waals surface area contributed by atoms with E-state index in [0.717, 1.165) is 19.4 Å². The molecule has 0 radical (unpaired) electrons. The first-order valence-electron chi connectivity index (χ1n) is 5.78. The molecule has 1 aliphatic rings. The zero-order chi connectivity index (χ0) is 11.1. The third kappa shape index (κ3) is 4.18. The van der Waals surface area contributed by atoms with Crippen molar-refractivity contribution in [3.8, 4) is 0 Å². The maximum atomic E-state index is 11.7. The van der Waals surface area contributed by atoms with Gasteiger partial charge in [0, 0.05) is 26.1 Å². The summed E-state index contributed by atoms with van der Waals surface area (Å²) in [4.78, 5) is 13.6. The first kappa shape index (κ1) is 12.5. The second kappa shape index (κ2) is 6.80. The van der Waals surface area contributed by atoms with Crippen LogP contribution >= 0.6 is 0 Å². The highest BCUT2D eigenvalue weighted by atomic mass is 16.5. The fourth-order valence-electron chi connectivity index (χ4n) is 1.74. The van der Waals surface area contributed by atoms with Gasteiger partial charge in [-0.2, -0.15) is 0 Å². The van der Waals surface area contributed by atoms with Crippen molar-refractivity contribution in [2.45, 2.75) is 38.7 Å². The van der Waals surface area contributed by atoms with Gasteiger partial charge in [0.15, 0.2) is 0 Å². The molecule has 4 heteroatoms. The Hall–Kier alpha value is -0.610. The molecule has 0 aliphatic carbocycles. The first-order chi connectivity index (χ1) is 7.27. The third-order valence-electron chi connectivity index (χ3n) is 2.75. The van der Waals surface area contributed by atoms with Crippen molar-refractivity contribution in [1.82, 2.24) is 4.90 Å². The van der Waals surface area contributed by atoms with Crippen LogP contribution in [0.15, 0.2) is 0 Å². The molecule has 0 saturated carbocycles. The van der Waals surface area contributed by atoms with Crippen LogP contribution < -0.4 is 0 Å². The van der Waals surface area contributed by atoms with E-state index < -0.39 is 0 Å². The number of hydrogen-bond acceptors (Lipinski definition) is 3. The van der Waals surface area contributed by atoms with E-state index in [1.807, 2.05) is 4.90 Å². The van der Waals surface area contributed by atoms with E-state index in [1.165, 1.54) is 0 Å². The minimum atomic E-state index is 0.175. The predicted octanol–water partition coefficient (Wildman–Crippen LogP) is 0.786. The molecular weight excluding hydrogens is 194 g/mol. The smallest absolute Gasteiger partial charge is 0.222 e. The van der Waals surface area contributed by atoms with Crippen LogP contribution in [0.4, 0.5) is 0 Å². The summed E-state index contributed by atoms with van der Waals surface area (Å²) in [7, 11) is 0. The number of aliphatic hydroxyl groups excluding tert-OH is 1. The summed E-state index contributed by atoms with van der Waals surface area (Å²) >= 11 is 0. The van der Waals surface area contributed by atoms with Gasteiger partial charge in [-0.1, -0.05) is 6.92 Å². The fraction of sp³-hybridized carbons (Fsp3) is 0.909. The number of carbonyl (C=O) groups excluding carboxylic acids is 1. The lowest BCUT2D eigenvalue weighted by molar-refractivity contribution is -0.139. The Balaban J connectivity index is 2.25. The van der Waals surface area contributed by atoms with Crippen molar-refractivity contribution in [1.29, 1.82) is 0 Å². The summed E-state index contributed by atoms with van der Waals surface area (Å²) in [5.74, 6) is 0.199. The summed E-state index contributed by atoms with van der Waals surface area (Å²) in [6.45, 7) is 4.35. The van der Waals surface area contributed by atoms with Crippen molar-refractivity contribution < 1.29 is 14.6 Å². The maximum absolute atomic E-state index is 11.7. The summed E-state index contributed by atoms with van der Waals surface area (Å²) in [5.41, 5.74) is 0. The molecule has 0 aromatic heterocycles. The van der Waals surface area contributed by atoms with Crippen LogP contribution in [0.3, 0.4) is 0 Å². The summed E-state index contributed by atoms with van der Waals surface area (Å²) in [6.07, 6.45) is 3.22. The average Bonchev–Trinajstić information content (AvgIpc) is 2.29. The van der Waals surface area contributed by atoms with Gasteiger partial charge >= 0.3 is 0 Å². The predicted molar refractivity (Wildman–Crippen MR) is 57.5 cm³/mol. The van der Waals surface area contributed by atoms with Gasteiger partial charge in [0.2, 0.25) is 5.91 Å². The van der Waals surface area contributed by atoms with Gasteiger partial charge in [-0.25, -0.2) is 0 Å². The van der Waals surface area contributed by atoms with E-state index in [1.54, 1.807) is 0 Å². The molecule has 88 valence electrons. The number of ether oxygens (including phenoxy) is 1. The number of amides is 1. The largest absolute Gasteiger partial charge is 0.396 e. The van der Waals surface area contributed by atoms with Gasteiger partial charge < -0.3 is 14.7 Å². The molecule has 1 N–H and O–H groups in total. The van der Waals surface area contributed by atoms with Gasteiger partial charge in [-0.3, -0.25) is 4.79 Å². The van der Waals surface area contributed by atoms with E-state index in [2.05, 4.69) is 6.92 Å². The van der Waals surface area contributed by atoms with Crippen LogP contribution in [-0.4, -0.2) is 48.3 Å². The number of unbranched alkanes of at least 4 members (excludes halogenated alkanes) is 1. The normalized spacial score (nSPS) is 21.7. The van der Waals surface area contributed by atoms with Gasteiger partial charge in [-0.15, -0.1) is 0 Å². The van der Waals surface area contributed by atoms with Crippen molar-refractivity contribution in [2.24, 2.45) is 0 Å². The highest BCUT2D eigenvalue weighted by Gasteiger charge is 2.22. The van der Waals surface area contributed by atoms with Crippen LogP contribution in [0.25, 0.3) is 0 Å². The van der Waals surface area contributed by atoms with Crippen molar-refractivity contribution in [3.63, 3.8) is 0 Å². The molecular formula is C11H21NO3. The lowest BCUT2D eigenvalue weighted by Gasteiger charge is -2.32. The summed E-state index contributed by atoms with van der Waals surface area (Å²) < 4.78 is 5.50. The minimum Gasteiger partial charge on any atom is -0.396 e. The van der Waals surface area contributed by atoms with E-state index >= 15 is 0 Å². The maximum Gasteiger partial charge on any atom is 0.222 e. The highest BCUT2D eigenvalue weighted by molar-refractivity contribution is 5.76. The van der Waals surface area contributed by atoms with Crippen LogP contribution in [-0.2, 0) is 9.53 Å². The second-order valence-corrected chi connectivity index (χ2v) is 3.92. The highest BCUT2D eigenvalue weighted by Crippen LogP contribution is 2.10. The van der Waals surface area contributed by atoms with Crippen LogP contribution in [0.2, 0.25) is 0 Å². The summed E-state index contributed by atoms with van der Waals surface area (Å²) in [6, 6.07) is 0. The molecule has 15 heavy (non-hydrogen) atoms. The van der Waals surface area contributed by atoms with Crippen molar-refractivity contribution in [3.05, 3.63) is 0 Å². The zero-order valence-corrected chi connectivity index (χ0v) is 9.45. The Bertz CT molecular complexity index is 196. The third-order valence-corrected chi connectivity index (χ3v) is 2.75. The van der Waals surface area contributed by atoms with Crippen LogP contribution in [0.1, 0.15) is 32.6 Å². The molecule has 0 aromatic rings. The van der Waals surface area contributed by atoms with Crippen molar-refractivity contribution in [2.75, 3.05) is 26.3 Å². The molecule has 1 saturated heterocycles. The SMILES string of the molecule is CCC1CN(C(=O)CCCCO)CCO1. The van der Waals surface area contributed by atoms with Gasteiger partial charge in [0.05, 0.1) is 12.7 Å². The number of carbonyl (C=O) groups is 1. The molecule has 1 aliphatic heterocycles. The first-order valence-corrected chi connectivity index (χ1v) is 5.78. The Morgan fingerprint density at radius 1 is 1.53 bits per heavy atom. The average molecular weight is 215 g/mol. The molecule has 1 atom stereocenters. The fourth-order valence-corrected chi connectivity index (χ4v) is 1.74. The van der Waals surface area contributed by atoms with Crippen LogP contribution in [0.5, 0.6) is 0 Å². The number of aliphatic hydroxyl groups is 1. The van der Waals surface area contributed by atoms with E-state index in [-0.39, 0.29) is 18.6 Å². The van der Waals surface area contributed by atoms with E-state index in [0.29, 0.717) is 26.0 Å². The molecule has 0 aromatic carbocycles. The standard InChI is InChI=1S/C11H21NO3/c1-2-10-9-12(6-8-15-10)11(14)5-3-4-7-13/h10,13H,2-9H2,1H3. The Morgan fingerprint density at radius 3 is 3.00 bits per heavy atom. The Kier molecular flexibility index (Phi) is 5.65. The lowest BCUT2D eigenvalue weighted by atomic mass is 10.2. The monoisotopic (exact) mass is 215 g/mol. The van der Waals surface area contributed by atoms with Crippen LogP contribution in [0, 0.1) is 0 Å². The molecule has 0 spiro atoms. The molecule has 1 fully saturated rings. The molecule has 4 nitrogen and oxygen atoms in total. The van der Waals surface area contributed by atoms with Gasteiger partial charge in [-0.05, 0) is 19.3 Å². The number of nitrogens with zero attached hydrogens (tertiary/aromatic N) is 1. The number of morpholine rings is 1. The second-order valence-electron chi connectivity index (χ2n) is 3.92. The quantitative estimate of drug-likeness (QED) is 0.690. The molecule has 1 amide bonds. The minimum absolute atomic E-state index is 0.175. The van der Waals surface area contributed by atoms with E-state index in [9.17, 15) is 4.79 Å².